The normalized spacial score (nSPS) is 15.7. The van der Waals surface area contributed by atoms with E-state index in [1.165, 1.54) is 6.20 Å². The number of amides is 1. The average Bonchev–Trinajstić information content (AvgIpc) is 3.26. The minimum absolute atomic E-state index is 0.0379. The number of alkyl halides is 3. The lowest BCUT2D eigenvalue weighted by Crippen LogP contribution is -2.37. The molecule has 4 rings (SSSR count). The molecule has 0 atom stereocenters. The number of nitrogens with one attached hydrogen (secondary N) is 1. The van der Waals surface area contributed by atoms with Crippen molar-refractivity contribution in [1.82, 2.24) is 14.9 Å². The van der Waals surface area contributed by atoms with Gasteiger partial charge in [-0.05, 0) is 32.0 Å². The summed E-state index contributed by atoms with van der Waals surface area (Å²) in [6, 6.07) is 2.66. The van der Waals surface area contributed by atoms with Crippen LogP contribution >= 0.6 is 11.3 Å². The summed E-state index contributed by atoms with van der Waals surface area (Å²) < 4.78 is 72.6. The Hall–Kier alpha value is -3.28. The molecule has 6 nitrogen and oxygen atoms in total. The highest BCUT2D eigenvalue weighted by molar-refractivity contribution is 7.18. The van der Waals surface area contributed by atoms with Gasteiger partial charge in [0, 0.05) is 29.3 Å². The van der Waals surface area contributed by atoms with E-state index < -0.39 is 46.2 Å². The third kappa shape index (κ3) is 4.54. The number of benzene rings is 1. The van der Waals surface area contributed by atoms with E-state index in [-0.39, 0.29) is 33.7 Å². The van der Waals surface area contributed by atoms with Crippen LogP contribution in [-0.2, 0) is 21.1 Å². The molecule has 0 radical (unpaired) electrons. The van der Waals surface area contributed by atoms with Crippen LogP contribution in [0.15, 0.2) is 24.4 Å². The average molecular weight is 513 g/mol. The van der Waals surface area contributed by atoms with Crippen LogP contribution in [0.3, 0.4) is 0 Å². The maximum Gasteiger partial charge on any atom is 0.443 e. The van der Waals surface area contributed by atoms with Crippen LogP contribution in [0, 0.1) is 11.6 Å². The van der Waals surface area contributed by atoms with Gasteiger partial charge in [-0.2, -0.15) is 13.2 Å². The molecule has 1 aromatic carbocycles. The summed E-state index contributed by atoms with van der Waals surface area (Å²) in [5.41, 5.74) is -0.733. The number of esters is 1. The number of carbonyl (C=O) groups is 2. The summed E-state index contributed by atoms with van der Waals surface area (Å²) in [6.45, 7) is 6.55. The topological polar surface area (TPSA) is 75.3 Å². The molecule has 1 aliphatic rings. The van der Waals surface area contributed by atoms with Crippen molar-refractivity contribution in [2.75, 3.05) is 6.54 Å². The first-order valence-electron chi connectivity index (χ1n) is 10.5. The number of carbonyl (C=O) groups excluding carboxylic acids is 2. The third-order valence-corrected chi connectivity index (χ3v) is 6.49. The molecule has 0 spiro atoms. The first-order chi connectivity index (χ1) is 16.2. The minimum atomic E-state index is -4.66. The molecule has 0 saturated heterocycles. The summed E-state index contributed by atoms with van der Waals surface area (Å²) in [5.74, 6) is -3.89. The molecule has 186 valence electrons. The number of ether oxygens (including phenoxy) is 1. The molecular formula is C23H20F5N3O3S. The second-order valence-corrected chi connectivity index (χ2v) is 10.0. The number of fused-ring (bicyclic) bond motifs is 3. The predicted octanol–water partition coefficient (Wildman–Crippen LogP) is 5.65. The van der Waals surface area contributed by atoms with Crippen molar-refractivity contribution in [2.24, 2.45) is 0 Å². The van der Waals surface area contributed by atoms with Crippen LogP contribution in [0.1, 0.15) is 54.3 Å². The lowest BCUT2D eigenvalue weighted by molar-refractivity contribution is -0.140. The van der Waals surface area contributed by atoms with Gasteiger partial charge in [-0.1, -0.05) is 13.8 Å². The smallest absolute Gasteiger partial charge is 0.443 e. The van der Waals surface area contributed by atoms with Crippen LogP contribution in [0.25, 0.3) is 15.9 Å². The Morgan fingerprint density at radius 1 is 1.20 bits per heavy atom. The second kappa shape index (κ2) is 8.43. The first-order valence-corrected chi connectivity index (χ1v) is 11.3. The van der Waals surface area contributed by atoms with Crippen molar-refractivity contribution in [3.8, 4) is 0 Å². The minimum Gasteiger partial charge on any atom is -0.459 e. The van der Waals surface area contributed by atoms with E-state index in [0.717, 1.165) is 23.1 Å². The van der Waals surface area contributed by atoms with Gasteiger partial charge in [0.1, 0.15) is 5.65 Å². The zero-order valence-corrected chi connectivity index (χ0v) is 19.8. The van der Waals surface area contributed by atoms with Crippen LogP contribution in [0.5, 0.6) is 0 Å². The van der Waals surface area contributed by atoms with Crippen LogP contribution in [-0.4, -0.2) is 39.4 Å². The number of aromatic amines is 1. The number of hydrogen-bond acceptors (Lipinski definition) is 5. The van der Waals surface area contributed by atoms with E-state index in [0.29, 0.717) is 16.9 Å². The van der Waals surface area contributed by atoms with E-state index in [1.54, 1.807) is 27.7 Å². The number of rotatable bonds is 3. The first kappa shape index (κ1) is 24.8. The molecule has 1 amide bonds. The Morgan fingerprint density at radius 3 is 2.49 bits per heavy atom. The molecule has 0 saturated carbocycles. The Kier molecular flexibility index (Phi) is 5.98. The lowest BCUT2D eigenvalue weighted by atomic mass is 9.83. The highest BCUT2D eigenvalue weighted by Gasteiger charge is 2.41. The fourth-order valence-electron chi connectivity index (χ4n) is 3.97. The van der Waals surface area contributed by atoms with Crippen molar-refractivity contribution in [3.05, 3.63) is 57.9 Å². The number of halogens is 5. The Morgan fingerprint density at radius 2 is 1.89 bits per heavy atom. The molecule has 3 heterocycles. The van der Waals surface area contributed by atoms with Crippen LogP contribution in [0.4, 0.5) is 22.0 Å². The quantitative estimate of drug-likeness (QED) is 0.363. The van der Waals surface area contributed by atoms with Crippen molar-refractivity contribution in [3.63, 3.8) is 0 Å². The largest absolute Gasteiger partial charge is 0.459 e. The standard InChI is InChI=1S/C23H20F5N3O3S/c1-10(2)34-20(33)12-8-31(19(32)11-5-6-13(24)14(25)7-11)9-22(3,4)15-16(12)29-18-17(15)35-21(30-18)23(26,27)28/h5-8,10,29H,9H2,1-4H3. The Bertz CT molecular complexity index is 1370. The fourth-order valence-corrected chi connectivity index (χ4v) is 5.09. The molecule has 0 bridgehead atoms. The summed E-state index contributed by atoms with van der Waals surface area (Å²) in [7, 11) is 0. The van der Waals surface area contributed by atoms with Crippen LogP contribution in [0.2, 0.25) is 0 Å². The van der Waals surface area contributed by atoms with Gasteiger partial charge < -0.3 is 14.6 Å². The Labute approximate surface area is 200 Å². The lowest BCUT2D eigenvalue weighted by Gasteiger charge is -2.29. The number of aromatic nitrogens is 2. The molecule has 3 aromatic rings. The molecule has 12 heteroatoms. The Balaban J connectivity index is 1.89. The highest BCUT2D eigenvalue weighted by atomic mass is 32.1. The van der Waals surface area contributed by atoms with E-state index in [9.17, 15) is 31.5 Å². The molecular weight excluding hydrogens is 493 g/mol. The maximum atomic E-state index is 13.8. The second-order valence-electron chi connectivity index (χ2n) is 9.01. The summed E-state index contributed by atoms with van der Waals surface area (Å²) in [5, 5.41) is -1.05. The van der Waals surface area contributed by atoms with E-state index >= 15 is 0 Å². The third-order valence-electron chi connectivity index (χ3n) is 5.38. The molecule has 1 N–H and O–H groups in total. The zero-order valence-electron chi connectivity index (χ0n) is 19.0. The van der Waals surface area contributed by atoms with Gasteiger partial charge in [0.05, 0.1) is 22.1 Å². The van der Waals surface area contributed by atoms with Crippen molar-refractivity contribution >= 4 is 39.1 Å². The number of nitrogens with zero attached hydrogens (tertiary/aromatic N) is 2. The highest BCUT2D eigenvalue weighted by Crippen LogP contribution is 2.45. The van der Waals surface area contributed by atoms with E-state index in [2.05, 4.69) is 9.97 Å². The van der Waals surface area contributed by atoms with Gasteiger partial charge in [-0.15, -0.1) is 11.3 Å². The van der Waals surface area contributed by atoms with Gasteiger partial charge in [0.15, 0.2) is 11.6 Å². The van der Waals surface area contributed by atoms with Gasteiger partial charge in [0.25, 0.3) is 5.91 Å². The number of H-pyrrole nitrogens is 1. The summed E-state index contributed by atoms with van der Waals surface area (Å²) >= 11 is 0.433. The maximum absolute atomic E-state index is 13.8. The SMILES string of the molecule is CC(C)OC(=O)C1=CN(C(=O)c2ccc(F)c(F)c2)CC(C)(C)c2c1[nH]c1nc(C(F)(F)F)sc21. The van der Waals surface area contributed by atoms with Gasteiger partial charge in [-0.25, -0.2) is 18.6 Å². The zero-order chi connectivity index (χ0) is 25.9. The van der Waals surface area contributed by atoms with Crippen molar-refractivity contribution in [1.29, 1.82) is 0 Å². The summed E-state index contributed by atoms with van der Waals surface area (Å²) in [6.07, 6.45) is -3.97. The monoisotopic (exact) mass is 513 g/mol. The van der Waals surface area contributed by atoms with Gasteiger partial charge >= 0.3 is 12.1 Å². The van der Waals surface area contributed by atoms with Crippen molar-refractivity contribution < 1.29 is 36.3 Å². The molecule has 0 unspecified atom stereocenters. The molecule has 0 fully saturated rings. The van der Waals surface area contributed by atoms with Crippen LogP contribution < -0.4 is 0 Å². The molecule has 35 heavy (non-hydrogen) atoms. The molecule has 2 aromatic heterocycles. The summed E-state index contributed by atoms with van der Waals surface area (Å²) in [4.78, 5) is 33.9. The van der Waals surface area contributed by atoms with E-state index in [1.807, 2.05) is 0 Å². The molecule has 0 aliphatic carbocycles. The fraction of sp³-hybridized carbons (Fsp3) is 0.348. The molecule has 1 aliphatic heterocycles. The van der Waals surface area contributed by atoms with Crippen molar-refractivity contribution in [2.45, 2.75) is 45.4 Å². The van der Waals surface area contributed by atoms with E-state index in [4.69, 9.17) is 4.74 Å². The van der Waals surface area contributed by atoms with Gasteiger partial charge in [0.2, 0.25) is 5.01 Å². The van der Waals surface area contributed by atoms with Gasteiger partial charge in [-0.3, -0.25) is 4.79 Å². The number of thiazole rings is 1. The number of hydrogen-bond donors (Lipinski definition) is 1. The predicted molar refractivity (Wildman–Crippen MR) is 119 cm³/mol.